The first-order chi connectivity index (χ1) is 7.43. The van der Waals surface area contributed by atoms with Gasteiger partial charge in [-0.15, -0.1) is 0 Å². The maximum atomic E-state index is 8.06. The minimum absolute atomic E-state index is 0.351. The Morgan fingerprint density at radius 3 is 2.06 bits per heavy atom. The molecule has 5 nitrogen and oxygen atoms in total. The summed E-state index contributed by atoms with van der Waals surface area (Å²) in [4.78, 5) is 5.38. The molecule has 5 heteroatoms. The lowest BCUT2D eigenvalue weighted by Crippen LogP contribution is -2.50. The lowest BCUT2D eigenvalue weighted by Gasteiger charge is -2.36. The summed E-state index contributed by atoms with van der Waals surface area (Å²) in [6.07, 6.45) is 2.29. The summed E-state index contributed by atoms with van der Waals surface area (Å²) < 4.78 is 0. The Kier molecular flexibility index (Phi) is 4.15. The van der Waals surface area contributed by atoms with Crippen LogP contribution < -0.4 is 0 Å². The van der Waals surface area contributed by atoms with E-state index in [-0.39, 0.29) is 0 Å². The van der Waals surface area contributed by atoms with Crippen molar-refractivity contribution >= 4 is 11.9 Å². The number of nitrogens with one attached hydrogen (secondary N) is 2. The standard InChI is InChI=1S/C11H23N5/c1-9-5-7-16(8-6-9)11(13)15(4)10(12)14(2)3/h9,12-13H,5-8H2,1-4H3. The van der Waals surface area contributed by atoms with Gasteiger partial charge in [0, 0.05) is 34.2 Å². The molecule has 0 bridgehead atoms. The number of hydrogen-bond donors (Lipinski definition) is 2. The summed E-state index contributed by atoms with van der Waals surface area (Å²) >= 11 is 0. The molecule has 1 heterocycles. The van der Waals surface area contributed by atoms with Crippen LogP contribution in [0.3, 0.4) is 0 Å². The Morgan fingerprint density at radius 2 is 1.62 bits per heavy atom. The first-order valence-corrected chi connectivity index (χ1v) is 5.76. The quantitative estimate of drug-likeness (QED) is 0.479. The maximum absolute atomic E-state index is 8.06. The van der Waals surface area contributed by atoms with E-state index in [0.29, 0.717) is 11.9 Å². The second-order valence-electron chi connectivity index (χ2n) is 4.77. The number of guanidine groups is 2. The van der Waals surface area contributed by atoms with Crippen LogP contribution in [0.5, 0.6) is 0 Å². The van der Waals surface area contributed by atoms with Crippen molar-refractivity contribution in [2.45, 2.75) is 19.8 Å². The Labute approximate surface area is 98.0 Å². The molecule has 0 saturated carbocycles. The molecular formula is C11H23N5. The molecule has 0 aromatic rings. The first kappa shape index (κ1) is 12.8. The molecule has 0 aromatic heterocycles. The van der Waals surface area contributed by atoms with Crippen molar-refractivity contribution in [3.05, 3.63) is 0 Å². The molecule has 1 fully saturated rings. The molecule has 0 aromatic carbocycles. The van der Waals surface area contributed by atoms with Crippen LogP contribution in [0.15, 0.2) is 0 Å². The molecule has 0 radical (unpaired) electrons. The van der Waals surface area contributed by atoms with Crippen LogP contribution in [0.2, 0.25) is 0 Å². The van der Waals surface area contributed by atoms with Crippen LogP contribution in [-0.2, 0) is 0 Å². The summed E-state index contributed by atoms with van der Waals surface area (Å²) in [6, 6.07) is 0. The zero-order chi connectivity index (χ0) is 12.3. The molecule has 1 saturated heterocycles. The maximum Gasteiger partial charge on any atom is 0.200 e. The van der Waals surface area contributed by atoms with Gasteiger partial charge in [-0.2, -0.15) is 0 Å². The SMILES string of the molecule is CC1CCN(C(=N)N(C)C(=N)N(C)C)CC1. The summed E-state index contributed by atoms with van der Waals surface area (Å²) in [6.45, 7) is 4.13. The van der Waals surface area contributed by atoms with Crippen molar-refractivity contribution in [2.24, 2.45) is 5.92 Å². The molecular weight excluding hydrogens is 202 g/mol. The first-order valence-electron chi connectivity index (χ1n) is 5.76. The highest BCUT2D eigenvalue weighted by molar-refractivity contribution is 5.95. The average Bonchev–Trinajstić information content (AvgIpc) is 2.27. The largest absolute Gasteiger partial charge is 0.349 e. The van der Waals surface area contributed by atoms with Gasteiger partial charge in [-0.05, 0) is 18.8 Å². The second-order valence-corrected chi connectivity index (χ2v) is 4.77. The third-order valence-electron chi connectivity index (χ3n) is 3.14. The van der Waals surface area contributed by atoms with Crippen LogP contribution in [0, 0.1) is 16.7 Å². The van der Waals surface area contributed by atoms with E-state index >= 15 is 0 Å². The highest BCUT2D eigenvalue weighted by Crippen LogP contribution is 2.16. The normalized spacial score (nSPS) is 17.1. The molecule has 1 aliphatic heterocycles. The van der Waals surface area contributed by atoms with Crippen molar-refractivity contribution in [1.29, 1.82) is 10.8 Å². The van der Waals surface area contributed by atoms with Gasteiger partial charge in [0.2, 0.25) is 0 Å². The summed E-state index contributed by atoms with van der Waals surface area (Å²) in [5.41, 5.74) is 0. The van der Waals surface area contributed by atoms with E-state index in [1.165, 1.54) is 0 Å². The van der Waals surface area contributed by atoms with Crippen LogP contribution >= 0.6 is 0 Å². The van der Waals surface area contributed by atoms with E-state index in [0.717, 1.165) is 31.8 Å². The monoisotopic (exact) mass is 225 g/mol. The number of nitrogens with zero attached hydrogens (tertiary/aromatic N) is 3. The molecule has 16 heavy (non-hydrogen) atoms. The van der Waals surface area contributed by atoms with E-state index in [2.05, 4.69) is 11.8 Å². The van der Waals surface area contributed by atoms with Gasteiger partial charge in [0.1, 0.15) is 0 Å². The van der Waals surface area contributed by atoms with Crippen molar-refractivity contribution in [1.82, 2.24) is 14.7 Å². The number of likely N-dealkylation sites (tertiary alicyclic amines) is 1. The van der Waals surface area contributed by atoms with Gasteiger partial charge in [-0.3, -0.25) is 15.7 Å². The Morgan fingerprint density at radius 1 is 1.12 bits per heavy atom. The lowest BCUT2D eigenvalue weighted by molar-refractivity contribution is 0.261. The summed E-state index contributed by atoms with van der Waals surface area (Å²) in [5, 5.41) is 15.9. The predicted octanol–water partition coefficient (Wildman–Crippen LogP) is 1.08. The fourth-order valence-corrected chi connectivity index (χ4v) is 1.83. The molecule has 1 rings (SSSR count). The zero-order valence-corrected chi connectivity index (χ0v) is 10.7. The van der Waals surface area contributed by atoms with Gasteiger partial charge in [-0.1, -0.05) is 6.92 Å². The molecule has 0 unspecified atom stereocenters. The third kappa shape index (κ3) is 2.87. The van der Waals surface area contributed by atoms with Crippen molar-refractivity contribution in [3.8, 4) is 0 Å². The Balaban J connectivity index is 2.54. The van der Waals surface area contributed by atoms with Gasteiger partial charge in [-0.25, -0.2) is 0 Å². The zero-order valence-electron chi connectivity index (χ0n) is 10.7. The number of rotatable bonds is 0. The van der Waals surface area contributed by atoms with E-state index in [4.69, 9.17) is 10.8 Å². The lowest BCUT2D eigenvalue weighted by atomic mass is 9.99. The topological polar surface area (TPSA) is 57.4 Å². The van der Waals surface area contributed by atoms with Gasteiger partial charge < -0.3 is 9.80 Å². The van der Waals surface area contributed by atoms with Gasteiger partial charge in [0.25, 0.3) is 0 Å². The number of hydrogen-bond acceptors (Lipinski definition) is 2. The van der Waals surface area contributed by atoms with Gasteiger partial charge in [0.15, 0.2) is 11.9 Å². The van der Waals surface area contributed by atoms with Crippen LogP contribution in [-0.4, -0.2) is 60.9 Å². The Hall–Kier alpha value is -1.26. The Bertz CT molecular complexity index is 266. The van der Waals surface area contributed by atoms with Crippen LogP contribution in [0.1, 0.15) is 19.8 Å². The minimum atomic E-state index is 0.351. The molecule has 92 valence electrons. The van der Waals surface area contributed by atoms with Gasteiger partial charge in [0.05, 0.1) is 0 Å². The average molecular weight is 225 g/mol. The minimum Gasteiger partial charge on any atom is -0.349 e. The fraction of sp³-hybridized carbons (Fsp3) is 0.818. The van der Waals surface area contributed by atoms with Crippen molar-refractivity contribution in [3.63, 3.8) is 0 Å². The summed E-state index contributed by atoms with van der Waals surface area (Å²) in [5.74, 6) is 1.55. The molecule has 1 aliphatic rings. The number of piperidine rings is 1. The molecule has 0 aliphatic carbocycles. The molecule has 0 spiro atoms. The molecule has 2 N–H and O–H groups in total. The summed E-state index contributed by atoms with van der Waals surface area (Å²) in [7, 11) is 5.43. The van der Waals surface area contributed by atoms with E-state index in [9.17, 15) is 0 Å². The van der Waals surface area contributed by atoms with Crippen molar-refractivity contribution < 1.29 is 0 Å². The molecule has 0 atom stereocenters. The van der Waals surface area contributed by atoms with E-state index in [1.54, 1.807) is 16.8 Å². The van der Waals surface area contributed by atoms with E-state index in [1.807, 2.05) is 14.1 Å². The van der Waals surface area contributed by atoms with Crippen molar-refractivity contribution in [2.75, 3.05) is 34.2 Å². The second kappa shape index (κ2) is 5.18. The fourth-order valence-electron chi connectivity index (χ4n) is 1.83. The van der Waals surface area contributed by atoms with Gasteiger partial charge >= 0.3 is 0 Å². The molecule has 0 amide bonds. The van der Waals surface area contributed by atoms with Crippen LogP contribution in [0.25, 0.3) is 0 Å². The van der Waals surface area contributed by atoms with E-state index < -0.39 is 0 Å². The highest BCUT2D eigenvalue weighted by atomic mass is 15.4. The highest BCUT2D eigenvalue weighted by Gasteiger charge is 2.22. The predicted molar refractivity (Wildman–Crippen MR) is 66.9 cm³/mol. The van der Waals surface area contributed by atoms with Crippen LogP contribution in [0.4, 0.5) is 0 Å². The smallest absolute Gasteiger partial charge is 0.200 e. The third-order valence-corrected chi connectivity index (χ3v) is 3.14.